The molecule has 6 nitrogen and oxygen atoms in total. The third-order valence-electron chi connectivity index (χ3n) is 6.89. The van der Waals surface area contributed by atoms with Gasteiger partial charge in [0.2, 0.25) is 5.91 Å². The van der Waals surface area contributed by atoms with Crippen molar-refractivity contribution < 1.29 is 14.3 Å². The van der Waals surface area contributed by atoms with Crippen molar-refractivity contribution in [3.8, 4) is 28.1 Å². The third kappa shape index (κ3) is 4.40. The average molecular weight is 517 g/mol. The molecular formula is C29H26ClFN4O2. The van der Waals surface area contributed by atoms with Gasteiger partial charge >= 0.3 is 0 Å². The summed E-state index contributed by atoms with van der Waals surface area (Å²) in [5, 5.41) is 21.6. The fourth-order valence-electron chi connectivity index (χ4n) is 5.00. The molecule has 1 N–H and O–H groups in total. The number of anilines is 1. The Balaban J connectivity index is 1.73. The number of rotatable bonds is 4. The van der Waals surface area contributed by atoms with Crippen molar-refractivity contribution in [1.29, 1.82) is 0 Å². The Bertz CT molecular complexity index is 1510. The average Bonchev–Trinajstić information content (AvgIpc) is 2.88. The molecule has 0 radical (unpaired) electrons. The molecule has 0 atom stereocenters. The Morgan fingerprint density at radius 2 is 1.68 bits per heavy atom. The predicted octanol–water partition coefficient (Wildman–Crippen LogP) is 5.91. The predicted molar refractivity (Wildman–Crippen MR) is 146 cm³/mol. The largest absolute Gasteiger partial charge is 0.507 e. The van der Waals surface area contributed by atoms with Gasteiger partial charge in [0.05, 0.1) is 5.56 Å². The van der Waals surface area contributed by atoms with E-state index in [-0.39, 0.29) is 22.2 Å². The highest BCUT2D eigenvalue weighted by Gasteiger charge is 2.25. The third-order valence-corrected chi connectivity index (χ3v) is 7.21. The van der Waals surface area contributed by atoms with Gasteiger partial charge in [-0.05, 0) is 55.3 Å². The van der Waals surface area contributed by atoms with Crippen molar-refractivity contribution in [2.75, 3.05) is 31.1 Å². The van der Waals surface area contributed by atoms with Crippen LogP contribution < -0.4 is 4.90 Å². The first kappa shape index (κ1) is 24.7. The van der Waals surface area contributed by atoms with Gasteiger partial charge in [-0.3, -0.25) is 4.79 Å². The lowest BCUT2D eigenvalue weighted by Crippen LogP contribution is -2.48. The molecule has 0 unspecified atom stereocenters. The quantitative estimate of drug-likeness (QED) is 0.341. The minimum absolute atomic E-state index is 0.0387. The molecule has 37 heavy (non-hydrogen) atoms. The van der Waals surface area contributed by atoms with Crippen molar-refractivity contribution in [3.63, 3.8) is 0 Å². The lowest BCUT2D eigenvalue weighted by Gasteiger charge is -2.35. The fourth-order valence-corrected chi connectivity index (χ4v) is 5.26. The maximum atomic E-state index is 14.9. The normalized spacial score (nSPS) is 13.7. The zero-order valence-electron chi connectivity index (χ0n) is 20.6. The Kier molecular flexibility index (Phi) is 6.56. The van der Waals surface area contributed by atoms with Gasteiger partial charge in [0.15, 0.2) is 5.82 Å². The second-order valence-corrected chi connectivity index (χ2v) is 9.57. The van der Waals surface area contributed by atoms with Crippen LogP contribution >= 0.6 is 11.6 Å². The number of carbonyl (C=O) groups is 1. The summed E-state index contributed by atoms with van der Waals surface area (Å²) in [7, 11) is 0. The topological polar surface area (TPSA) is 69.6 Å². The molecule has 3 aromatic carbocycles. The summed E-state index contributed by atoms with van der Waals surface area (Å²) in [6.45, 7) is 9.80. The van der Waals surface area contributed by atoms with Crippen LogP contribution in [0, 0.1) is 19.7 Å². The van der Waals surface area contributed by atoms with E-state index < -0.39 is 5.82 Å². The van der Waals surface area contributed by atoms with Gasteiger partial charge in [-0.1, -0.05) is 42.4 Å². The van der Waals surface area contributed by atoms with Crippen LogP contribution in [-0.2, 0) is 4.79 Å². The van der Waals surface area contributed by atoms with Crippen LogP contribution in [0.1, 0.15) is 11.1 Å². The number of amides is 1. The molecule has 1 amide bonds. The summed E-state index contributed by atoms with van der Waals surface area (Å²) >= 11 is 6.73. The van der Waals surface area contributed by atoms with Crippen LogP contribution in [0.25, 0.3) is 33.2 Å². The summed E-state index contributed by atoms with van der Waals surface area (Å²) in [4.78, 5) is 15.9. The van der Waals surface area contributed by atoms with Crippen molar-refractivity contribution in [2.45, 2.75) is 13.8 Å². The van der Waals surface area contributed by atoms with Crippen molar-refractivity contribution >= 4 is 34.1 Å². The Labute approximate surface area is 219 Å². The molecule has 0 aliphatic carbocycles. The van der Waals surface area contributed by atoms with E-state index in [1.165, 1.54) is 24.3 Å². The number of nitrogens with zero attached hydrogens (tertiary/aromatic N) is 4. The molecule has 1 aliphatic rings. The molecule has 188 valence electrons. The Hall–Kier alpha value is -3.97. The molecular weight excluding hydrogens is 491 g/mol. The molecule has 1 saturated heterocycles. The number of hydrogen-bond acceptors (Lipinski definition) is 5. The molecule has 4 aromatic rings. The summed E-state index contributed by atoms with van der Waals surface area (Å²) in [5.74, 6) is -0.222. The van der Waals surface area contributed by atoms with E-state index in [2.05, 4.69) is 21.7 Å². The first-order valence-corrected chi connectivity index (χ1v) is 12.4. The molecule has 0 bridgehead atoms. The Morgan fingerprint density at radius 3 is 2.32 bits per heavy atom. The van der Waals surface area contributed by atoms with Crippen molar-refractivity contribution in [3.05, 3.63) is 83.2 Å². The van der Waals surface area contributed by atoms with E-state index in [9.17, 15) is 14.3 Å². The molecule has 1 aliphatic heterocycles. The smallest absolute Gasteiger partial charge is 0.246 e. The second kappa shape index (κ2) is 9.82. The molecule has 0 saturated carbocycles. The van der Waals surface area contributed by atoms with E-state index >= 15 is 0 Å². The number of hydrogen-bond donors (Lipinski definition) is 1. The van der Waals surface area contributed by atoms with E-state index in [1.54, 1.807) is 17.0 Å². The minimum atomic E-state index is -0.569. The van der Waals surface area contributed by atoms with Crippen LogP contribution in [0.3, 0.4) is 0 Å². The second-order valence-electron chi connectivity index (χ2n) is 9.17. The van der Waals surface area contributed by atoms with E-state index in [4.69, 9.17) is 11.6 Å². The fraction of sp³-hybridized carbons (Fsp3) is 0.207. The summed E-state index contributed by atoms with van der Waals surface area (Å²) in [6.07, 6.45) is 1.32. The highest BCUT2D eigenvalue weighted by molar-refractivity contribution is 6.34. The van der Waals surface area contributed by atoms with Crippen LogP contribution in [0.5, 0.6) is 5.75 Å². The summed E-state index contributed by atoms with van der Waals surface area (Å²) < 4.78 is 14.9. The SMILES string of the molecule is C=CC(=O)N1CCN(c2nnc(-c3c(C)cccc3C)c3cc(-c4c(O)cccc4F)c(Cl)cc23)CC1. The lowest BCUT2D eigenvalue weighted by molar-refractivity contribution is -0.126. The monoisotopic (exact) mass is 516 g/mol. The standard InChI is InChI=1S/C29H26ClFN4O2/c1-4-25(37)34-11-13-35(14-12-34)29-20-16-22(30)21(27-23(31)9-6-10-24(27)36)15-19(20)28(32-33-29)26-17(2)7-5-8-18(26)3/h4-10,15-16,36H,1,11-14H2,2-3H3. The lowest BCUT2D eigenvalue weighted by atomic mass is 9.94. The summed E-state index contributed by atoms with van der Waals surface area (Å²) in [5.41, 5.74) is 4.08. The molecule has 8 heteroatoms. The van der Waals surface area contributed by atoms with Gasteiger partial charge in [0, 0.05) is 53.1 Å². The number of phenolic OH excluding ortho intramolecular Hbond substituents is 1. The van der Waals surface area contributed by atoms with Crippen LogP contribution in [0.15, 0.2) is 61.2 Å². The molecule has 1 fully saturated rings. The van der Waals surface area contributed by atoms with Gasteiger partial charge in [-0.15, -0.1) is 10.2 Å². The van der Waals surface area contributed by atoms with Gasteiger partial charge in [0.25, 0.3) is 0 Å². The first-order valence-electron chi connectivity index (χ1n) is 12.0. The number of fused-ring (bicyclic) bond motifs is 1. The molecule has 0 spiro atoms. The molecule has 1 aromatic heterocycles. The summed E-state index contributed by atoms with van der Waals surface area (Å²) in [6, 6.07) is 13.7. The minimum Gasteiger partial charge on any atom is -0.507 e. The molecule has 2 heterocycles. The van der Waals surface area contributed by atoms with Crippen LogP contribution in [0.2, 0.25) is 5.02 Å². The highest BCUT2D eigenvalue weighted by atomic mass is 35.5. The van der Waals surface area contributed by atoms with Crippen LogP contribution in [0.4, 0.5) is 10.2 Å². The number of phenols is 1. The molecule has 5 rings (SSSR count). The number of aryl methyl sites for hydroxylation is 2. The van der Waals surface area contributed by atoms with Gasteiger partial charge in [-0.2, -0.15) is 0 Å². The van der Waals surface area contributed by atoms with E-state index in [1.807, 2.05) is 32.0 Å². The number of aromatic nitrogens is 2. The zero-order chi connectivity index (χ0) is 26.3. The number of piperazine rings is 1. The number of benzene rings is 3. The first-order chi connectivity index (χ1) is 17.8. The maximum Gasteiger partial charge on any atom is 0.246 e. The number of aromatic hydroxyl groups is 1. The number of carbonyl (C=O) groups excluding carboxylic acids is 1. The van der Waals surface area contributed by atoms with E-state index in [0.717, 1.165) is 27.5 Å². The van der Waals surface area contributed by atoms with Gasteiger partial charge in [-0.25, -0.2) is 4.39 Å². The van der Waals surface area contributed by atoms with Crippen molar-refractivity contribution in [2.24, 2.45) is 0 Å². The van der Waals surface area contributed by atoms with Gasteiger partial charge in [0.1, 0.15) is 17.3 Å². The van der Waals surface area contributed by atoms with Crippen LogP contribution in [-0.4, -0.2) is 52.3 Å². The maximum absolute atomic E-state index is 14.9. The van der Waals surface area contributed by atoms with E-state index in [0.29, 0.717) is 43.3 Å². The van der Waals surface area contributed by atoms with Gasteiger partial charge < -0.3 is 14.9 Å². The van der Waals surface area contributed by atoms with Crippen molar-refractivity contribution in [1.82, 2.24) is 15.1 Å². The zero-order valence-corrected chi connectivity index (χ0v) is 21.4. The highest BCUT2D eigenvalue weighted by Crippen LogP contribution is 2.43. The Morgan fingerprint density at radius 1 is 1.00 bits per heavy atom. The number of halogens is 2.